The van der Waals surface area contributed by atoms with Crippen LogP contribution >= 0.6 is 11.5 Å². The first-order chi connectivity index (χ1) is 9.94. The van der Waals surface area contributed by atoms with Crippen LogP contribution in [0.1, 0.15) is 20.3 Å². The second-order valence-corrected chi connectivity index (χ2v) is 7.64. The number of sulfone groups is 1. The lowest BCUT2D eigenvalue weighted by atomic mass is 10.3. The number of aromatic nitrogens is 3. The van der Waals surface area contributed by atoms with Gasteiger partial charge in [0, 0.05) is 18.4 Å². The molecule has 1 atom stereocenters. The summed E-state index contributed by atoms with van der Waals surface area (Å²) in [4.78, 5) is 0.127. The summed E-state index contributed by atoms with van der Waals surface area (Å²) in [5.74, 6) is 0.139. The maximum atomic E-state index is 12.3. The van der Waals surface area contributed by atoms with Crippen LogP contribution in [-0.2, 0) is 16.4 Å². The van der Waals surface area contributed by atoms with Crippen LogP contribution in [0.15, 0.2) is 23.4 Å². The van der Waals surface area contributed by atoms with E-state index in [0.717, 1.165) is 11.5 Å². The smallest absolute Gasteiger partial charge is 0.185 e. The average Bonchev–Trinajstić information content (AvgIpc) is 2.99. The minimum absolute atomic E-state index is 0.000302. The summed E-state index contributed by atoms with van der Waals surface area (Å²) in [6.45, 7) is 4.40. The van der Waals surface area contributed by atoms with Gasteiger partial charge in [-0.1, -0.05) is 6.92 Å². The van der Waals surface area contributed by atoms with Crippen molar-refractivity contribution in [2.75, 3.05) is 16.8 Å². The lowest BCUT2D eigenvalue weighted by Crippen LogP contribution is -2.23. The van der Waals surface area contributed by atoms with Crippen molar-refractivity contribution in [1.29, 1.82) is 0 Å². The highest BCUT2D eigenvalue weighted by atomic mass is 32.2. The Kier molecular flexibility index (Phi) is 4.84. The van der Waals surface area contributed by atoms with Crippen LogP contribution in [0.4, 0.5) is 10.8 Å². The molecular weight excluding hydrogens is 310 g/mol. The number of rotatable bonds is 7. The molecule has 0 spiro atoms. The summed E-state index contributed by atoms with van der Waals surface area (Å²) in [6, 6.07) is 1.84. The predicted molar refractivity (Wildman–Crippen MR) is 84.2 cm³/mol. The van der Waals surface area contributed by atoms with Gasteiger partial charge in [-0.25, -0.2) is 8.42 Å². The van der Waals surface area contributed by atoms with E-state index in [2.05, 4.69) is 14.8 Å². The molecule has 1 unspecified atom stereocenters. The van der Waals surface area contributed by atoms with Gasteiger partial charge in [-0.05, 0) is 30.9 Å². The van der Waals surface area contributed by atoms with E-state index in [1.165, 1.54) is 0 Å². The van der Waals surface area contributed by atoms with Crippen molar-refractivity contribution >= 4 is 32.2 Å². The molecule has 2 heterocycles. The van der Waals surface area contributed by atoms with Crippen LogP contribution in [0.25, 0.3) is 0 Å². The second kappa shape index (κ2) is 6.44. The van der Waals surface area contributed by atoms with Crippen LogP contribution in [0, 0.1) is 0 Å². The molecule has 9 heteroatoms. The third-order valence-electron chi connectivity index (χ3n) is 2.86. The Morgan fingerprint density at radius 1 is 1.52 bits per heavy atom. The predicted octanol–water partition coefficient (Wildman–Crippen LogP) is 1.61. The van der Waals surface area contributed by atoms with E-state index in [0.29, 0.717) is 18.0 Å². The fourth-order valence-corrected chi connectivity index (χ4v) is 4.74. The molecule has 0 saturated heterocycles. The Bertz CT molecular complexity index is 679. The lowest BCUT2D eigenvalue weighted by Gasteiger charge is -2.15. The largest absolute Gasteiger partial charge is 0.382 e. The minimum Gasteiger partial charge on any atom is -0.382 e. The van der Waals surface area contributed by atoms with E-state index in [1.807, 2.05) is 26.1 Å². The topological polar surface area (TPSA) is 103 Å². The molecule has 0 fully saturated rings. The molecule has 0 bridgehead atoms. The van der Waals surface area contributed by atoms with Gasteiger partial charge in [0.15, 0.2) is 15.7 Å². The zero-order chi connectivity index (χ0) is 15.5. The first-order valence-corrected chi connectivity index (χ1v) is 9.08. The van der Waals surface area contributed by atoms with Crippen molar-refractivity contribution in [3.8, 4) is 0 Å². The van der Waals surface area contributed by atoms with Crippen molar-refractivity contribution < 1.29 is 8.42 Å². The minimum atomic E-state index is -3.40. The maximum Gasteiger partial charge on any atom is 0.185 e. The van der Waals surface area contributed by atoms with E-state index in [9.17, 15) is 8.42 Å². The molecular formula is C12H19N5O2S2. The summed E-state index contributed by atoms with van der Waals surface area (Å²) in [5.41, 5.74) is 5.73. The molecule has 7 nitrogen and oxygen atoms in total. The van der Waals surface area contributed by atoms with E-state index in [-0.39, 0.29) is 22.5 Å². The molecule has 2 aromatic heterocycles. The number of nitrogens with one attached hydrogen (secondary N) is 1. The standard InChI is InChI=1S/C12H19N5O2S2/c1-3-7-21(18,19)10-11(13)16-20-12(10)15-9(2)8-17-6-4-5-14-17/h4-6,9,15H,3,7-8H2,1-2H3,(H2,13,16). The summed E-state index contributed by atoms with van der Waals surface area (Å²) < 4.78 is 30.3. The molecule has 116 valence electrons. The third kappa shape index (κ3) is 3.73. The number of nitrogen functional groups attached to an aromatic ring is 1. The first-order valence-electron chi connectivity index (χ1n) is 6.66. The molecule has 3 N–H and O–H groups in total. The monoisotopic (exact) mass is 329 g/mol. The highest BCUT2D eigenvalue weighted by Crippen LogP contribution is 2.33. The van der Waals surface area contributed by atoms with Gasteiger partial charge in [0.05, 0.1) is 12.3 Å². The number of hydrogen-bond donors (Lipinski definition) is 2. The summed E-state index contributed by atoms with van der Waals surface area (Å²) in [7, 11) is -3.40. The number of nitrogens with zero attached hydrogens (tertiary/aromatic N) is 3. The molecule has 0 amide bonds. The van der Waals surface area contributed by atoms with Crippen LogP contribution < -0.4 is 11.1 Å². The summed E-state index contributed by atoms with van der Waals surface area (Å²) in [5, 5.41) is 7.80. The van der Waals surface area contributed by atoms with Crippen LogP contribution in [0.3, 0.4) is 0 Å². The van der Waals surface area contributed by atoms with Crippen LogP contribution in [0.2, 0.25) is 0 Å². The summed E-state index contributed by atoms with van der Waals surface area (Å²) in [6.07, 6.45) is 4.10. The van der Waals surface area contributed by atoms with Gasteiger partial charge in [0.25, 0.3) is 0 Å². The Morgan fingerprint density at radius 3 is 2.90 bits per heavy atom. The first kappa shape index (κ1) is 15.8. The van der Waals surface area contributed by atoms with Crippen LogP contribution in [-0.4, -0.2) is 34.4 Å². The molecule has 2 aromatic rings. The molecule has 0 saturated carbocycles. The zero-order valence-electron chi connectivity index (χ0n) is 12.0. The molecule has 0 aliphatic rings. The lowest BCUT2D eigenvalue weighted by molar-refractivity contribution is 0.560. The number of anilines is 2. The quantitative estimate of drug-likeness (QED) is 0.800. The van der Waals surface area contributed by atoms with Gasteiger partial charge in [-0.15, -0.1) is 0 Å². The number of hydrogen-bond acceptors (Lipinski definition) is 7. The van der Waals surface area contributed by atoms with E-state index in [4.69, 9.17) is 5.73 Å². The molecule has 0 aromatic carbocycles. The Hall–Kier alpha value is -1.61. The summed E-state index contributed by atoms with van der Waals surface area (Å²) >= 11 is 1.07. The zero-order valence-corrected chi connectivity index (χ0v) is 13.6. The Balaban J connectivity index is 2.17. The Morgan fingerprint density at radius 2 is 2.29 bits per heavy atom. The fourth-order valence-electron chi connectivity index (χ4n) is 2.02. The normalized spacial score (nSPS) is 13.2. The van der Waals surface area contributed by atoms with Crippen molar-refractivity contribution in [1.82, 2.24) is 14.2 Å². The second-order valence-electron chi connectivity index (χ2n) is 4.82. The van der Waals surface area contributed by atoms with Crippen LogP contribution in [0.5, 0.6) is 0 Å². The fraction of sp³-hybridized carbons (Fsp3) is 0.500. The van der Waals surface area contributed by atoms with Crippen molar-refractivity contribution in [3.05, 3.63) is 18.5 Å². The molecule has 0 aliphatic heterocycles. The van der Waals surface area contributed by atoms with Gasteiger partial charge in [0.2, 0.25) is 0 Å². The number of nitrogens with two attached hydrogens (primary N) is 1. The Labute approximate surface area is 128 Å². The highest BCUT2D eigenvalue weighted by molar-refractivity contribution is 7.91. The SMILES string of the molecule is CCCS(=O)(=O)c1c(N)nsc1NC(C)Cn1cccn1. The molecule has 0 aliphatic carbocycles. The van der Waals surface area contributed by atoms with Gasteiger partial charge < -0.3 is 11.1 Å². The van der Waals surface area contributed by atoms with Crippen molar-refractivity contribution in [2.24, 2.45) is 0 Å². The molecule has 2 rings (SSSR count). The van der Waals surface area contributed by atoms with Gasteiger partial charge in [-0.2, -0.15) is 9.47 Å². The average molecular weight is 329 g/mol. The molecule has 0 radical (unpaired) electrons. The van der Waals surface area contributed by atoms with Gasteiger partial charge in [-0.3, -0.25) is 4.68 Å². The van der Waals surface area contributed by atoms with E-state index < -0.39 is 9.84 Å². The highest BCUT2D eigenvalue weighted by Gasteiger charge is 2.25. The molecule has 21 heavy (non-hydrogen) atoms. The van der Waals surface area contributed by atoms with Crippen molar-refractivity contribution in [2.45, 2.75) is 37.8 Å². The van der Waals surface area contributed by atoms with Gasteiger partial charge in [0.1, 0.15) is 9.90 Å². The third-order valence-corrected chi connectivity index (χ3v) is 5.76. The maximum absolute atomic E-state index is 12.3. The van der Waals surface area contributed by atoms with E-state index >= 15 is 0 Å². The van der Waals surface area contributed by atoms with E-state index in [1.54, 1.807) is 10.9 Å². The van der Waals surface area contributed by atoms with Gasteiger partial charge >= 0.3 is 0 Å². The van der Waals surface area contributed by atoms with Crippen molar-refractivity contribution in [3.63, 3.8) is 0 Å².